The third kappa shape index (κ3) is 2.73. The number of fused-ring (bicyclic) bond motifs is 1. The first-order chi connectivity index (χ1) is 9.72. The van der Waals surface area contributed by atoms with Crippen molar-refractivity contribution in [2.24, 2.45) is 0 Å². The minimum absolute atomic E-state index is 0.142. The number of benzene rings is 2. The van der Waals surface area contributed by atoms with E-state index >= 15 is 0 Å². The molecular formula is C16H11ClFNO. The second kappa shape index (κ2) is 5.47. The van der Waals surface area contributed by atoms with E-state index in [4.69, 9.17) is 16.3 Å². The van der Waals surface area contributed by atoms with Crippen LogP contribution in [0, 0.1) is 5.82 Å². The van der Waals surface area contributed by atoms with E-state index in [0.29, 0.717) is 16.3 Å². The second-order valence-corrected chi connectivity index (χ2v) is 4.82. The van der Waals surface area contributed by atoms with Crippen molar-refractivity contribution >= 4 is 22.5 Å². The lowest BCUT2D eigenvalue weighted by Gasteiger charge is -2.08. The first-order valence-corrected chi connectivity index (χ1v) is 6.52. The van der Waals surface area contributed by atoms with Gasteiger partial charge in [-0.05, 0) is 24.3 Å². The number of ether oxygens (including phenoxy) is 1. The van der Waals surface area contributed by atoms with Crippen LogP contribution in [-0.2, 0) is 6.61 Å². The Kier molecular flexibility index (Phi) is 3.52. The highest BCUT2D eigenvalue weighted by Crippen LogP contribution is 2.20. The molecule has 0 aliphatic heterocycles. The van der Waals surface area contributed by atoms with Crippen molar-refractivity contribution in [2.45, 2.75) is 6.61 Å². The molecule has 0 atom stereocenters. The van der Waals surface area contributed by atoms with Crippen LogP contribution in [0.25, 0.3) is 10.9 Å². The molecule has 0 saturated carbocycles. The summed E-state index contributed by atoms with van der Waals surface area (Å²) in [5.41, 5.74) is 1.36. The summed E-state index contributed by atoms with van der Waals surface area (Å²) >= 11 is 5.71. The fourth-order valence-electron chi connectivity index (χ4n) is 1.93. The van der Waals surface area contributed by atoms with Gasteiger partial charge in [-0.2, -0.15) is 0 Å². The molecule has 1 heterocycles. The molecule has 0 radical (unpaired) electrons. The summed E-state index contributed by atoms with van der Waals surface area (Å²) in [6.07, 6.45) is 1.64. The van der Waals surface area contributed by atoms with Gasteiger partial charge in [0.2, 0.25) is 0 Å². The average Bonchev–Trinajstić information content (AvgIpc) is 2.46. The molecule has 0 fully saturated rings. The third-order valence-electron chi connectivity index (χ3n) is 2.97. The Bertz CT molecular complexity index is 760. The fraction of sp³-hybridized carbons (Fsp3) is 0.0625. The fourth-order valence-corrected chi connectivity index (χ4v) is 2.09. The van der Waals surface area contributed by atoms with E-state index in [0.717, 1.165) is 10.9 Å². The molecule has 0 saturated heterocycles. The quantitative estimate of drug-likeness (QED) is 0.702. The van der Waals surface area contributed by atoms with Crippen LogP contribution in [0.5, 0.6) is 5.75 Å². The predicted octanol–water partition coefficient (Wildman–Crippen LogP) is 4.61. The molecule has 1 aromatic heterocycles. The number of nitrogens with zero attached hydrogens (tertiary/aromatic N) is 1. The zero-order chi connectivity index (χ0) is 13.9. The molecule has 0 N–H and O–H groups in total. The summed E-state index contributed by atoms with van der Waals surface area (Å²) in [4.78, 5) is 4.29. The van der Waals surface area contributed by atoms with Gasteiger partial charge in [0.15, 0.2) is 0 Å². The first-order valence-electron chi connectivity index (χ1n) is 6.14. The maximum absolute atomic E-state index is 13.6. The summed E-state index contributed by atoms with van der Waals surface area (Å²) in [5, 5.41) is 1.36. The SMILES string of the molecule is Fc1cc(Cl)ccc1COc1cnc2ccccc2c1. The van der Waals surface area contributed by atoms with Gasteiger partial charge in [-0.3, -0.25) is 4.98 Å². The van der Waals surface area contributed by atoms with E-state index in [2.05, 4.69) is 4.98 Å². The van der Waals surface area contributed by atoms with Crippen molar-refractivity contribution < 1.29 is 9.13 Å². The van der Waals surface area contributed by atoms with Gasteiger partial charge in [0.25, 0.3) is 0 Å². The standard InChI is InChI=1S/C16H11ClFNO/c17-13-6-5-12(15(18)8-13)10-20-14-7-11-3-1-2-4-16(11)19-9-14/h1-9H,10H2. The topological polar surface area (TPSA) is 22.1 Å². The van der Waals surface area contributed by atoms with Crippen LogP contribution in [0.1, 0.15) is 5.56 Å². The number of halogens is 2. The molecule has 3 rings (SSSR count). The van der Waals surface area contributed by atoms with Gasteiger partial charge in [0, 0.05) is 16.0 Å². The van der Waals surface area contributed by atoms with Crippen molar-refractivity contribution in [2.75, 3.05) is 0 Å². The van der Waals surface area contributed by atoms with Crippen molar-refractivity contribution in [3.8, 4) is 5.75 Å². The summed E-state index contributed by atoms with van der Waals surface area (Å²) in [6, 6.07) is 14.2. The molecule has 0 aliphatic carbocycles. The lowest BCUT2D eigenvalue weighted by molar-refractivity contribution is 0.299. The molecule has 4 heteroatoms. The van der Waals surface area contributed by atoms with Crippen LogP contribution in [0.2, 0.25) is 5.02 Å². The highest BCUT2D eigenvalue weighted by Gasteiger charge is 2.04. The highest BCUT2D eigenvalue weighted by atomic mass is 35.5. The molecule has 3 aromatic rings. The van der Waals surface area contributed by atoms with E-state index in [1.54, 1.807) is 18.3 Å². The first kappa shape index (κ1) is 12.9. The van der Waals surface area contributed by atoms with Gasteiger partial charge in [0.1, 0.15) is 18.2 Å². The molecule has 0 aliphatic rings. The van der Waals surface area contributed by atoms with Crippen molar-refractivity contribution in [1.82, 2.24) is 4.98 Å². The molecule has 0 bridgehead atoms. The van der Waals surface area contributed by atoms with Crippen molar-refractivity contribution in [1.29, 1.82) is 0 Å². The average molecular weight is 288 g/mol. The van der Waals surface area contributed by atoms with Crippen molar-refractivity contribution in [3.63, 3.8) is 0 Å². The monoisotopic (exact) mass is 287 g/mol. The zero-order valence-corrected chi connectivity index (χ0v) is 11.3. The summed E-state index contributed by atoms with van der Waals surface area (Å²) in [6.45, 7) is 0.142. The van der Waals surface area contributed by atoms with Gasteiger partial charge < -0.3 is 4.74 Å². The molecule has 2 nitrogen and oxygen atoms in total. The minimum Gasteiger partial charge on any atom is -0.487 e. The normalized spacial score (nSPS) is 10.7. The van der Waals surface area contributed by atoms with Crippen LogP contribution in [0.4, 0.5) is 4.39 Å². The lowest BCUT2D eigenvalue weighted by Crippen LogP contribution is -1.98. The van der Waals surface area contributed by atoms with Gasteiger partial charge in [-0.25, -0.2) is 4.39 Å². The summed E-state index contributed by atoms with van der Waals surface area (Å²) < 4.78 is 19.2. The van der Waals surface area contributed by atoms with Gasteiger partial charge in [-0.15, -0.1) is 0 Å². The van der Waals surface area contributed by atoms with Gasteiger partial charge in [0.05, 0.1) is 11.7 Å². The number of aromatic nitrogens is 1. The molecule has 20 heavy (non-hydrogen) atoms. The van der Waals surface area contributed by atoms with Gasteiger partial charge in [-0.1, -0.05) is 35.9 Å². The van der Waals surface area contributed by atoms with Crippen LogP contribution >= 0.6 is 11.6 Å². The predicted molar refractivity (Wildman–Crippen MR) is 77.5 cm³/mol. The molecule has 2 aromatic carbocycles. The van der Waals surface area contributed by atoms with Crippen molar-refractivity contribution in [3.05, 3.63) is 71.1 Å². The van der Waals surface area contributed by atoms with Crippen LogP contribution < -0.4 is 4.74 Å². The molecule has 100 valence electrons. The molecule has 0 spiro atoms. The Hall–Kier alpha value is -2.13. The Morgan fingerprint density at radius 2 is 1.95 bits per heavy atom. The van der Waals surface area contributed by atoms with E-state index < -0.39 is 0 Å². The van der Waals surface area contributed by atoms with Crippen LogP contribution in [-0.4, -0.2) is 4.98 Å². The Balaban J connectivity index is 1.79. The minimum atomic E-state index is -0.369. The lowest BCUT2D eigenvalue weighted by atomic mass is 10.2. The largest absolute Gasteiger partial charge is 0.487 e. The Morgan fingerprint density at radius 3 is 2.80 bits per heavy atom. The summed E-state index contributed by atoms with van der Waals surface area (Å²) in [7, 11) is 0. The molecular weight excluding hydrogens is 277 g/mol. The molecule has 0 unspecified atom stereocenters. The van der Waals surface area contributed by atoms with Crippen LogP contribution in [0.3, 0.4) is 0 Å². The number of hydrogen-bond acceptors (Lipinski definition) is 2. The number of para-hydroxylation sites is 1. The second-order valence-electron chi connectivity index (χ2n) is 4.39. The maximum Gasteiger partial charge on any atom is 0.138 e. The highest BCUT2D eigenvalue weighted by molar-refractivity contribution is 6.30. The number of hydrogen-bond donors (Lipinski definition) is 0. The maximum atomic E-state index is 13.6. The van der Waals surface area contributed by atoms with E-state index in [9.17, 15) is 4.39 Å². The number of pyridine rings is 1. The van der Waals surface area contributed by atoms with E-state index in [-0.39, 0.29) is 12.4 Å². The van der Waals surface area contributed by atoms with E-state index in [1.807, 2.05) is 30.3 Å². The smallest absolute Gasteiger partial charge is 0.138 e. The van der Waals surface area contributed by atoms with Crippen LogP contribution in [0.15, 0.2) is 54.7 Å². The molecule has 0 amide bonds. The van der Waals surface area contributed by atoms with Gasteiger partial charge >= 0.3 is 0 Å². The zero-order valence-electron chi connectivity index (χ0n) is 10.5. The third-order valence-corrected chi connectivity index (χ3v) is 3.21. The Morgan fingerprint density at radius 1 is 1.10 bits per heavy atom. The Labute approximate surface area is 120 Å². The summed E-state index contributed by atoms with van der Waals surface area (Å²) in [5.74, 6) is 0.240. The number of rotatable bonds is 3. The van der Waals surface area contributed by atoms with E-state index in [1.165, 1.54) is 6.07 Å².